The molecule has 4 aromatic rings. The van der Waals surface area contributed by atoms with Crippen LogP contribution >= 0.6 is 11.3 Å². The molecule has 0 spiro atoms. The number of amides is 1. The van der Waals surface area contributed by atoms with Crippen LogP contribution < -0.4 is 15.4 Å². The third kappa shape index (κ3) is 3.60. The van der Waals surface area contributed by atoms with Gasteiger partial charge in [-0.25, -0.2) is 9.97 Å². The average molecular weight is 463 g/mol. The molecule has 0 radical (unpaired) electrons. The molecule has 1 atom stereocenters. The van der Waals surface area contributed by atoms with E-state index < -0.39 is 0 Å². The number of aromatic nitrogens is 4. The van der Waals surface area contributed by atoms with Crippen molar-refractivity contribution < 1.29 is 9.53 Å². The normalized spacial score (nSPS) is 17.8. The van der Waals surface area contributed by atoms with Gasteiger partial charge in [0.15, 0.2) is 0 Å². The van der Waals surface area contributed by atoms with Crippen LogP contribution in [0.25, 0.3) is 21.1 Å². The summed E-state index contributed by atoms with van der Waals surface area (Å²) < 4.78 is 5.94. The number of ether oxygens (including phenoxy) is 1. The van der Waals surface area contributed by atoms with E-state index in [9.17, 15) is 4.79 Å². The van der Waals surface area contributed by atoms with Crippen molar-refractivity contribution in [2.75, 3.05) is 19.0 Å². The van der Waals surface area contributed by atoms with Crippen molar-refractivity contribution in [2.45, 2.75) is 44.9 Å². The van der Waals surface area contributed by atoms with E-state index in [0.29, 0.717) is 12.5 Å². The monoisotopic (exact) mass is 462 g/mol. The van der Waals surface area contributed by atoms with Crippen LogP contribution in [0.3, 0.4) is 0 Å². The lowest BCUT2D eigenvalue weighted by molar-refractivity contribution is -0.124. The van der Waals surface area contributed by atoms with Gasteiger partial charge in [-0.05, 0) is 50.7 Å². The molecule has 170 valence electrons. The molecular formula is C24H26N6O2S. The van der Waals surface area contributed by atoms with Gasteiger partial charge in [0.1, 0.15) is 22.2 Å². The van der Waals surface area contributed by atoms with Crippen LogP contribution in [0.2, 0.25) is 0 Å². The van der Waals surface area contributed by atoms with Crippen molar-refractivity contribution in [3.05, 3.63) is 34.6 Å². The number of H-pyrrole nitrogens is 1. The number of thiophene rings is 1. The Hall–Kier alpha value is -3.20. The minimum absolute atomic E-state index is 0.0240. The number of hydrogen-bond donors (Lipinski definition) is 3. The van der Waals surface area contributed by atoms with Crippen LogP contribution in [-0.2, 0) is 17.6 Å². The van der Waals surface area contributed by atoms with Crippen LogP contribution in [0.5, 0.6) is 5.75 Å². The van der Waals surface area contributed by atoms with E-state index in [4.69, 9.17) is 14.7 Å². The highest BCUT2D eigenvalue weighted by molar-refractivity contribution is 7.19. The highest BCUT2D eigenvalue weighted by atomic mass is 32.1. The fraction of sp³-hybridized carbons (Fsp3) is 0.417. The first-order valence-corrected chi connectivity index (χ1v) is 12.4. The van der Waals surface area contributed by atoms with Crippen molar-refractivity contribution >= 4 is 49.9 Å². The van der Waals surface area contributed by atoms with Crippen molar-refractivity contribution in [2.24, 2.45) is 5.92 Å². The van der Waals surface area contributed by atoms with Gasteiger partial charge in [-0.15, -0.1) is 11.3 Å². The van der Waals surface area contributed by atoms with E-state index in [1.807, 2.05) is 19.2 Å². The molecule has 1 amide bonds. The van der Waals surface area contributed by atoms with Gasteiger partial charge < -0.3 is 15.4 Å². The van der Waals surface area contributed by atoms with Crippen molar-refractivity contribution in [1.29, 1.82) is 0 Å². The fourth-order valence-corrected chi connectivity index (χ4v) is 6.01. The van der Waals surface area contributed by atoms with Gasteiger partial charge in [-0.2, -0.15) is 5.10 Å². The molecule has 1 saturated carbocycles. The molecule has 1 unspecified atom stereocenters. The molecule has 0 saturated heterocycles. The lowest BCUT2D eigenvalue weighted by Crippen LogP contribution is -2.31. The van der Waals surface area contributed by atoms with Gasteiger partial charge in [0.25, 0.3) is 0 Å². The number of carbonyl (C=O) groups excluding carboxylic acids is 1. The summed E-state index contributed by atoms with van der Waals surface area (Å²) in [6.07, 6.45) is 6.55. The molecule has 1 aromatic carbocycles. The number of nitrogens with zero attached hydrogens (tertiary/aromatic N) is 3. The van der Waals surface area contributed by atoms with Crippen LogP contribution in [0.4, 0.5) is 11.5 Å². The molecule has 0 bridgehead atoms. The molecule has 6 rings (SSSR count). The Morgan fingerprint density at radius 2 is 2.15 bits per heavy atom. The van der Waals surface area contributed by atoms with Gasteiger partial charge in [-0.3, -0.25) is 9.89 Å². The minimum atomic E-state index is 0.0240. The van der Waals surface area contributed by atoms with Gasteiger partial charge in [0.2, 0.25) is 5.91 Å². The SMILES string of the molecule is CCOc1cc2[nH]ncc2cc1Nc1nc(C2CC2)nc2sc3c(c12)CCC(C(=O)NC)C3. The van der Waals surface area contributed by atoms with Gasteiger partial charge >= 0.3 is 0 Å². The van der Waals surface area contributed by atoms with Crippen molar-refractivity contribution in [3.8, 4) is 5.75 Å². The number of aromatic amines is 1. The Morgan fingerprint density at radius 3 is 2.94 bits per heavy atom. The van der Waals surface area contributed by atoms with Gasteiger partial charge in [0.05, 0.1) is 29.4 Å². The number of anilines is 2. The first kappa shape index (κ1) is 20.4. The maximum atomic E-state index is 12.3. The van der Waals surface area contributed by atoms with E-state index in [0.717, 1.165) is 76.3 Å². The molecule has 9 heteroatoms. The van der Waals surface area contributed by atoms with Crippen LogP contribution in [0.15, 0.2) is 18.3 Å². The molecule has 8 nitrogen and oxygen atoms in total. The first-order valence-electron chi connectivity index (χ1n) is 11.5. The summed E-state index contributed by atoms with van der Waals surface area (Å²) in [6, 6.07) is 4.03. The largest absolute Gasteiger partial charge is 0.492 e. The third-order valence-electron chi connectivity index (χ3n) is 6.58. The predicted molar refractivity (Wildman–Crippen MR) is 130 cm³/mol. The number of hydrogen-bond acceptors (Lipinski definition) is 7. The Balaban J connectivity index is 1.47. The van der Waals surface area contributed by atoms with Crippen LogP contribution in [-0.4, -0.2) is 39.7 Å². The molecule has 1 fully saturated rings. The second-order valence-corrected chi connectivity index (χ2v) is 9.89. The fourth-order valence-electron chi connectivity index (χ4n) is 4.71. The van der Waals surface area contributed by atoms with E-state index >= 15 is 0 Å². The Kier molecular flexibility index (Phi) is 4.94. The molecule has 3 aromatic heterocycles. The standard InChI is InChI=1S/C24H26N6O2S/c1-3-32-18-10-16-14(11-26-30-16)8-17(18)27-22-20-15-7-6-13(23(31)25-2)9-19(15)33-24(20)29-21(28-22)12-4-5-12/h8,10-13H,3-7,9H2,1-2H3,(H,25,31)(H,26,30)(H,27,28,29). The number of aryl methyl sites for hydroxylation is 1. The molecule has 0 aliphatic heterocycles. The van der Waals surface area contributed by atoms with Gasteiger partial charge in [-0.1, -0.05) is 0 Å². The van der Waals surface area contributed by atoms with E-state index in [1.165, 1.54) is 10.4 Å². The highest BCUT2D eigenvalue weighted by Crippen LogP contribution is 2.45. The quantitative estimate of drug-likeness (QED) is 0.391. The smallest absolute Gasteiger partial charge is 0.223 e. The summed E-state index contributed by atoms with van der Waals surface area (Å²) in [6.45, 7) is 2.54. The van der Waals surface area contributed by atoms with Crippen LogP contribution in [0.1, 0.15) is 48.4 Å². The van der Waals surface area contributed by atoms with E-state index in [2.05, 4.69) is 26.9 Å². The number of benzene rings is 1. The molecular weight excluding hydrogens is 436 g/mol. The van der Waals surface area contributed by atoms with Crippen molar-refractivity contribution in [1.82, 2.24) is 25.5 Å². The lowest BCUT2D eigenvalue weighted by Gasteiger charge is -2.21. The zero-order valence-corrected chi connectivity index (χ0v) is 19.5. The molecule has 2 aliphatic carbocycles. The maximum Gasteiger partial charge on any atom is 0.223 e. The average Bonchev–Trinajstić information content (AvgIpc) is 3.47. The second kappa shape index (κ2) is 7.98. The Labute approximate surface area is 195 Å². The molecule has 3 heterocycles. The minimum Gasteiger partial charge on any atom is -0.492 e. The number of nitrogens with one attached hydrogen (secondary N) is 3. The van der Waals surface area contributed by atoms with Crippen molar-refractivity contribution in [3.63, 3.8) is 0 Å². The summed E-state index contributed by atoms with van der Waals surface area (Å²) in [5, 5.41) is 15.7. The third-order valence-corrected chi connectivity index (χ3v) is 7.73. The number of rotatable bonds is 6. The lowest BCUT2D eigenvalue weighted by atomic mass is 9.87. The number of carbonyl (C=O) groups is 1. The zero-order chi connectivity index (χ0) is 22.5. The Morgan fingerprint density at radius 1 is 1.27 bits per heavy atom. The number of fused-ring (bicyclic) bond motifs is 4. The first-order chi connectivity index (χ1) is 16.1. The summed E-state index contributed by atoms with van der Waals surface area (Å²) in [5.74, 6) is 3.09. The summed E-state index contributed by atoms with van der Waals surface area (Å²) in [5.41, 5.74) is 3.08. The molecule has 2 aliphatic rings. The van der Waals surface area contributed by atoms with Crippen LogP contribution in [0, 0.1) is 5.92 Å². The maximum absolute atomic E-state index is 12.3. The second-order valence-electron chi connectivity index (χ2n) is 8.81. The zero-order valence-electron chi connectivity index (χ0n) is 18.7. The Bertz CT molecular complexity index is 1370. The van der Waals surface area contributed by atoms with E-state index in [1.54, 1.807) is 18.4 Å². The summed E-state index contributed by atoms with van der Waals surface area (Å²) >= 11 is 1.72. The highest BCUT2D eigenvalue weighted by Gasteiger charge is 2.32. The summed E-state index contributed by atoms with van der Waals surface area (Å²) in [7, 11) is 1.71. The topological polar surface area (TPSA) is 105 Å². The van der Waals surface area contributed by atoms with Gasteiger partial charge in [0, 0.05) is 35.2 Å². The predicted octanol–water partition coefficient (Wildman–Crippen LogP) is 4.44. The summed E-state index contributed by atoms with van der Waals surface area (Å²) in [4.78, 5) is 24.5. The molecule has 33 heavy (non-hydrogen) atoms. The molecule has 3 N–H and O–H groups in total. The van der Waals surface area contributed by atoms with E-state index in [-0.39, 0.29) is 11.8 Å².